The lowest BCUT2D eigenvalue weighted by molar-refractivity contribution is -0.113. The van der Waals surface area contributed by atoms with Crippen LogP contribution in [0, 0.1) is 0 Å². The Morgan fingerprint density at radius 1 is 0.815 bits per heavy atom. The minimum atomic E-state index is 0.0321. The van der Waals surface area contributed by atoms with Crippen molar-refractivity contribution in [3.63, 3.8) is 0 Å². The van der Waals surface area contributed by atoms with Gasteiger partial charge in [0.25, 0.3) is 5.91 Å². The molecule has 0 saturated carbocycles. The van der Waals surface area contributed by atoms with E-state index in [0.29, 0.717) is 12.1 Å². The highest BCUT2D eigenvalue weighted by molar-refractivity contribution is 6.30. The van der Waals surface area contributed by atoms with Gasteiger partial charge in [0.15, 0.2) is 0 Å². The van der Waals surface area contributed by atoms with Crippen LogP contribution in [0.4, 0.5) is 5.69 Å². The summed E-state index contributed by atoms with van der Waals surface area (Å²) in [5.41, 5.74) is 3.60. The summed E-state index contributed by atoms with van der Waals surface area (Å²) in [7, 11) is 0. The van der Waals surface area contributed by atoms with Crippen molar-refractivity contribution in [2.24, 2.45) is 0 Å². The molecule has 0 saturated heterocycles. The fourth-order valence-electron chi connectivity index (χ4n) is 3.02. The van der Waals surface area contributed by atoms with Gasteiger partial charge in [-0.25, -0.2) is 0 Å². The molecule has 0 bridgehead atoms. The Morgan fingerprint density at radius 3 is 1.96 bits per heavy atom. The number of carbonyl (C=O) groups is 1. The third-order valence-electron chi connectivity index (χ3n) is 4.47. The van der Waals surface area contributed by atoms with Gasteiger partial charge in [0.2, 0.25) is 0 Å². The molecule has 0 aliphatic rings. The van der Waals surface area contributed by atoms with E-state index in [1.807, 2.05) is 102 Å². The summed E-state index contributed by atoms with van der Waals surface area (Å²) in [6.45, 7) is 2.85. The molecule has 0 aromatic heterocycles. The number of carbonyl (C=O) groups excluding carboxylic acids is 1. The number of amides is 1. The second-order valence-corrected chi connectivity index (χ2v) is 6.48. The predicted octanol–water partition coefficient (Wildman–Crippen LogP) is 6.06. The van der Waals surface area contributed by atoms with E-state index in [1.165, 1.54) is 0 Å². The highest BCUT2D eigenvalue weighted by atomic mass is 16.2. The lowest BCUT2D eigenvalue weighted by Crippen LogP contribution is -2.32. The smallest absolute Gasteiger partial charge is 0.258 e. The molecule has 0 radical (unpaired) electrons. The number of para-hydroxylation sites is 1. The molecular formula is C25H25NO. The van der Waals surface area contributed by atoms with E-state index >= 15 is 0 Å². The first-order valence-corrected chi connectivity index (χ1v) is 9.48. The maximum atomic E-state index is 13.6. The van der Waals surface area contributed by atoms with Crippen LogP contribution < -0.4 is 4.90 Å². The van der Waals surface area contributed by atoms with Gasteiger partial charge in [0.05, 0.1) is 0 Å². The number of anilines is 1. The molecule has 27 heavy (non-hydrogen) atoms. The van der Waals surface area contributed by atoms with E-state index in [0.717, 1.165) is 29.7 Å². The standard InChI is InChI=1S/C25H25NO/c1-2-3-19-26(23-17-11-6-12-18-23)25(27)24(22-15-9-5-10-16-22)20-21-13-7-4-8-14-21/h4-18,20H,2-3,19H2,1H3. The number of unbranched alkanes of at least 4 members (excludes halogenated alkanes) is 1. The number of benzene rings is 3. The topological polar surface area (TPSA) is 20.3 Å². The summed E-state index contributed by atoms with van der Waals surface area (Å²) in [5, 5.41) is 0. The van der Waals surface area contributed by atoms with Crippen molar-refractivity contribution in [1.82, 2.24) is 0 Å². The molecule has 136 valence electrons. The minimum Gasteiger partial charge on any atom is -0.308 e. The zero-order valence-corrected chi connectivity index (χ0v) is 15.7. The van der Waals surface area contributed by atoms with Crippen molar-refractivity contribution < 1.29 is 4.79 Å². The molecule has 0 atom stereocenters. The highest BCUT2D eigenvalue weighted by Crippen LogP contribution is 2.25. The number of rotatable bonds is 7. The Kier molecular flexibility index (Phi) is 6.59. The van der Waals surface area contributed by atoms with Gasteiger partial charge in [-0.15, -0.1) is 0 Å². The molecule has 1 amide bonds. The first kappa shape index (κ1) is 18.7. The molecule has 2 nitrogen and oxygen atoms in total. The van der Waals surface area contributed by atoms with Gasteiger partial charge in [-0.3, -0.25) is 4.79 Å². The molecule has 0 spiro atoms. The zero-order valence-electron chi connectivity index (χ0n) is 15.7. The molecule has 3 aromatic carbocycles. The van der Waals surface area contributed by atoms with Gasteiger partial charge in [0, 0.05) is 17.8 Å². The lowest BCUT2D eigenvalue weighted by atomic mass is 10.0. The average molecular weight is 355 g/mol. The summed E-state index contributed by atoms with van der Waals surface area (Å²) in [5.74, 6) is 0.0321. The van der Waals surface area contributed by atoms with Crippen LogP contribution in [0.2, 0.25) is 0 Å². The Labute approximate surface area is 161 Å². The average Bonchev–Trinajstić information content (AvgIpc) is 2.74. The lowest BCUT2D eigenvalue weighted by Gasteiger charge is -2.24. The van der Waals surface area contributed by atoms with Crippen LogP contribution in [0.15, 0.2) is 91.0 Å². The van der Waals surface area contributed by atoms with Crippen LogP contribution >= 0.6 is 0 Å². The molecule has 0 aliphatic heterocycles. The highest BCUT2D eigenvalue weighted by Gasteiger charge is 2.20. The van der Waals surface area contributed by atoms with Gasteiger partial charge in [-0.1, -0.05) is 92.2 Å². The van der Waals surface area contributed by atoms with Gasteiger partial charge >= 0.3 is 0 Å². The summed E-state index contributed by atoms with van der Waals surface area (Å²) in [4.78, 5) is 15.5. The van der Waals surface area contributed by atoms with E-state index in [-0.39, 0.29) is 5.91 Å². The van der Waals surface area contributed by atoms with Crippen molar-refractivity contribution in [2.75, 3.05) is 11.4 Å². The number of hydrogen-bond acceptors (Lipinski definition) is 1. The van der Waals surface area contributed by atoms with Crippen molar-refractivity contribution >= 4 is 23.2 Å². The number of nitrogens with zero attached hydrogens (tertiary/aromatic N) is 1. The van der Waals surface area contributed by atoms with Crippen molar-refractivity contribution in [3.05, 3.63) is 102 Å². The van der Waals surface area contributed by atoms with E-state index in [1.54, 1.807) is 0 Å². The van der Waals surface area contributed by atoms with E-state index in [4.69, 9.17) is 0 Å². The first-order chi connectivity index (χ1) is 13.3. The minimum absolute atomic E-state index is 0.0321. The molecule has 2 heteroatoms. The Morgan fingerprint density at radius 2 is 1.37 bits per heavy atom. The van der Waals surface area contributed by atoms with Gasteiger partial charge in [-0.2, -0.15) is 0 Å². The Bertz CT molecular complexity index is 870. The van der Waals surface area contributed by atoms with Crippen molar-refractivity contribution in [3.8, 4) is 0 Å². The van der Waals surface area contributed by atoms with E-state index in [2.05, 4.69) is 6.92 Å². The van der Waals surface area contributed by atoms with Gasteiger partial charge in [-0.05, 0) is 35.8 Å². The predicted molar refractivity (Wildman–Crippen MR) is 114 cm³/mol. The maximum Gasteiger partial charge on any atom is 0.258 e. The summed E-state index contributed by atoms with van der Waals surface area (Å²) in [6, 6.07) is 29.8. The van der Waals surface area contributed by atoms with Crippen LogP contribution in [0.3, 0.4) is 0 Å². The largest absolute Gasteiger partial charge is 0.308 e. The normalized spacial score (nSPS) is 11.2. The SMILES string of the molecule is CCCCN(C(=O)C(=Cc1ccccc1)c1ccccc1)c1ccccc1. The third-order valence-corrected chi connectivity index (χ3v) is 4.47. The molecule has 0 fully saturated rings. The second-order valence-electron chi connectivity index (χ2n) is 6.48. The van der Waals surface area contributed by atoms with Gasteiger partial charge in [0.1, 0.15) is 0 Å². The molecule has 3 rings (SSSR count). The fourth-order valence-corrected chi connectivity index (χ4v) is 3.02. The molecule has 0 heterocycles. The van der Waals surface area contributed by atoms with Crippen molar-refractivity contribution in [2.45, 2.75) is 19.8 Å². The fraction of sp³-hybridized carbons (Fsp3) is 0.160. The molecule has 3 aromatic rings. The van der Waals surface area contributed by atoms with Gasteiger partial charge < -0.3 is 4.90 Å². The summed E-state index contributed by atoms with van der Waals surface area (Å²) >= 11 is 0. The van der Waals surface area contributed by atoms with Crippen LogP contribution in [0.1, 0.15) is 30.9 Å². The van der Waals surface area contributed by atoms with Crippen LogP contribution in [-0.2, 0) is 4.79 Å². The summed E-state index contributed by atoms with van der Waals surface area (Å²) < 4.78 is 0. The van der Waals surface area contributed by atoms with E-state index < -0.39 is 0 Å². The zero-order chi connectivity index (χ0) is 18.9. The summed E-state index contributed by atoms with van der Waals surface area (Å²) in [6.07, 6.45) is 3.99. The molecular weight excluding hydrogens is 330 g/mol. The quantitative estimate of drug-likeness (QED) is 0.372. The monoisotopic (exact) mass is 355 g/mol. The maximum absolute atomic E-state index is 13.6. The Hall–Kier alpha value is -3.13. The van der Waals surface area contributed by atoms with E-state index in [9.17, 15) is 4.79 Å². The third kappa shape index (κ3) is 4.95. The van der Waals surface area contributed by atoms with Crippen LogP contribution in [-0.4, -0.2) is 12.5 Å². The second kappa shape index (κ2) is 9.54. The number of hydrogen-bond donors (Lipinski definition) is 0. The Balaban J connectivity index is 2.04. The van der Waals surface area contributed by atoms with Crippen LogP contribution in [0.25, 0.3) is 11.6 Å². The molecule has 0 aliphatic carbocycles. The van der Waals surface area contributed by atoms with Crippen LogP contribution in [0.5, 0.6) is 0 Å². The molecule has 0 N–H and O–H groups in total. The first-order valence-electron chi connectivity index (χ1n) is 9.48. The molecule has 0 unspecified atom stereocenters. The van der Waals surface area contributed by atoms with Crippen molar-refractivity contribution in [1.29, 1.82) is 0 Å².